The van der Waals surface area contributed by atoms with E-state index in [1.165, 1.54) is 11.8 Å². The Labute approximate surface area is 119 Å². The second-order valence-corrected chi connectivity index (χ2v) is 4.84. The van der Waals surface area contributed by atoms with Gasteiger partial charge in [0.05, 0.1) is 5.75 Å². The van der Waals surface area contributed by atoms with Gasteiger partial charge in [0.15, 0.2) is 0 Å². The number of thioether (sulfide) groups is 1. The summed E-state index contributed by atoms with van der Waals surface area (Å²) in [7, 11) is 0. The molecule has 1 aromatic carbocycles. The van der Waals surface area contributed by atoms with E-state index in [0.29, 0.717) is 4.32 Å². The van der Waals surface area contributed by atoms with Crippen molar-refractivity contribution < 1.29 is 27.0 Å². The summed E-state index contributed by atoms with van der Waals surface area (Å²) in [4.78, 5) is 11.2. The number of hydrogen-bond acceptors (Lipinski definition) is 3. The van der Waals surface area contributed by atoms with E-state index >= 15 is 0 Å². The summed E-state index contributed by atoms with van der Waals surface area (Å²) < 4.78 is 0.404. The standard InChI is InChI=1S/C9H9NO2S3.Cu/c11-8(12)5-15-7-3-1-6(2-4-7)10-9(13)14;/h1-4H,5H2,(H,11,12)(H2,10,13,14);/q;+2. The van der Waals surface area contributed by atoms with Crippen LogP contribution in [0.15, 0.2) is 29.2 Å². The first kappa shape index (κ1) is 15.8. The third-order valence-corrected chi connectivity index (χ3v) is 2.68. The molecule has 0 unspecified atom stereocenters. The fraction of sp³-hybridized carbons (Fsp3) is 0.111. The molecule has 3 nitrogen and oxygen atoms in total. The average molecular weight is 323 g/mol. The van der Waals surface area contributed by atoms with Crippen molar-refractivity contribution in [2.24, 2.45) is 0 Å². The fourth-order valence-corrected chi connectivity index (χ4v) is 1.77. The van der Waals surface area contributed by atoms with Gasteiger partial charge in [-0.05, 0) is 24.3 Å². The molecule has 16 heavy (non-hydrogen) atoms. The molecule has 0 aromatic heterocycles. The van der Waals surface area contributed by atoms with Gasteiger partial charge in [-0.2, -0.15) is 0 Å². The minimum atomic E-state index is -0.821. The Morgan fingerprint density at radius 3 is 2.44 bits per heavy atom. The van der Waals surface area contributed by atoms with Crippen molar-refractivity contribution in [1.82, 2.24) is 0 Å². The summed E-state index contributed by atoms with van der Waals surface area (Å²) >= 11 is 9.98. The Hall–Kier alpha value is -0.201. The first-order valence-corrected chi connectivity index (χ1v) is 5.86. The molecule has 0 aliphatic rings. The van der Waals surface area contributed by atoms with Crippen molar-refractivity contribution in [1.29, 1.82) is 0 Å². The molecule has 0 saturated carbocycles. The van der Waals surface area contributed by atoms with Gasteiger partial charge in [0.25, 0.3) is 0 Å². The fourth-order valence-electron chi connectivity index (χ4n) is 0.903. The molecular weight excluding hydrogens is 314 g/mol. The van der Waals surface area contributed by atoms with E-state index < -0.39 is 5.97 Å². The van der Waals surface area contributed by atoms with Gasteiger partial charge in [-0.25, -0.2) is 0 Å². The van der Waals surface area contributed by atoms with Gasteiger partial charge < -0.3 is 10.4 Å². The summed E-state index contributed by atoms with van der Waals surface area (Å²) in [6.45, 7) is 0. The van der Waals surface area contributed by atoms with E-state index in [1.807, 2.05) is 24.3 Å². The summed E-state index contributed by atoms with van der Waals surface area (Å²) in [5, 5.41) is 11.4. The van der Waals surface area contributed by atoms with Crippen molar-refractivity contribution in [3.8, 4) is 0 Å². The second kappa shape index (κ2) is 7.97. The number of rotatable bonds is 4. The number of aliphatic carboxylic acids is 1. The smallest absolute Gasteiger partial charge is 0.481 e. The Kier molecular flexibility index (Phi) is 7.87. The minimum absolute atomic E-state index is 0. The van der Waals surface area contributed by atoms with Gasteiger partial charge in [0.1, 0.15) is 4.32 Å². The van der Waals surface area contributed by atoms with Crippen LogP contribution in [0.3, 0.4) is 0 Å². The van der Waals surface area contributed by atoms with Crippen LogP contribution in [-0.4, -0.2) is 21.1 Å². The molecule has 0 bridgehead atoms. The third kappa shape index (κ3) is 6.40. The molecule has 0 spiro atoms. The van der Waals surface area contributed by atoms with Gasteiger partial charge in [0.2, 0.25) is 0 Å². The molecule has 1 rings (SSSR count). The van der Waals surface area contributed by atoms with Crippen molar-refractivity contribution >= 4 is 52.6 Å². The zero-order chi connectivity index (χ0) is 11.3. The van der Waals surface area contributed by atoms with E-state index in [1.54, 1.807) is 0 Å². The quantitative estimate of drug-likeness (QED) is 0.344. The van der Waals surface area contributed by atoms with Crippen LogP contribution in [0, 0.1) is 0 Å². The van der Waals surface area contributed by atoms with Crippen LogP contribution in [0.4, 0.5) is 5.69 Å². The molecule has 0 fully saturated rings. The summed E-state index contributed by atoms with van der Waals surface area (Å²) in [6, 6.07) is 7.32. The van der Waals surface area contributed by atoms with E-state index in [-0.39, 0.29) is 22.8 Å². The van der Waals surface area contributed by atoms with Gasteiger partial charge in [-0.1, -0.05) is 12.2 Å². The summed E-state index contributed by atoms with van der Waals surface area (Å²) in [6.07, 6.45) is 0. The normalized spacial score (nSPS) is 9.06. The molecule has 7 heteroatoms. The Balaban J connectivity index is 0.00000225. The number of hydrogen-bond donors (Lipinski definition) is 3. The zero-order valence-electron chi connectivity index (χ0n) is 7.94. The number of carboxylic acid groups (broad SMARTS) is 1. The predicted molar refractivity (Wildman–Crippen MR) is 70.0 cm³/mol. The number of thiocarbonyl (C=S) groups is 1. The van der Waals surface area contributed by atoms with Crippen LogP contribution in [0.2, 0.25) is 0 Å². The van der Waals surface area contributed by atoms with Crippen LogP contribution in [-0.2, 0) is 21.9 Å². The third-order valence-electron chi connectivity index (χ3n) is 1.47. The predicted octanol–water partition coefficient (Wildman–Crippen LogP) is 2.49. The number of anilines is 1. The molecule has 1 radical (unpaired) electrons. The summed E-state index contributed by atoms with van der Waals surface area (Å²) in [5.41, 5.74) is 0.842. The minimum Gasteiger partial charge on any atom is -0.481 e. The SMILES string of the molecule is O=C(O)CSc1ccc(NC(=S)S)cc1.[Cu+2]. The van der Waals surface area contributed by atoms with E-state index in [9.17, 15) is 4.79 Å². The second-order valence-electron chi connectivity index (χ2n) is 2.64. The molecule has 1 aromatic rings. The van der Waals surface area contributed by atoms with Crippen LogP contribution in [0.5, 0.6) is 0 Å². The molecule has 2 N–H and O–H groups in total. The van der Waals surface area contributed by atoms with Crippen molar-refractivity contribution in [3.05, 3.63) is 24.3 Å². The summed E-state index contributed by atoms with van der Waals surface area (Å²) in [5.74, 6) is -0.753. The van der Waals surface area contributed by atoms with Crippen LogP contribution in [0.25, 0.3) is 0 Å². The van der Waals surface area contributed by atoms with Crippen molar-refractivity contribution in [2.45, 2.75) is 4.90 Å². The number of benzene rings is 1. The van der Waals surface area contributed by atoms with Crippen molar-refractivity contribution in [3.63, 3.8) is 0 Å². The topological polar surface area (TPSA) is 49.3 Å². The van der Waals surface area contributed by atoms with E-state index in [2.05, 4.69) is 17.9 Å². The number of nitrogens with one attached hydrogen (secondary N) is 1. The molecule has 0 aliphatic heterocycles. The van der Waals surface area contributed by atoms with E-state index in [4.69, 9.17) is 17.3 Å². The van der Waals surface area contributed by atoms with Gasteiger partial charge in [-0.3, -0.25) is 4.79 Å². The largest absolute Gasteiger partial charge is 2.00 e. The Morgan fingerprint density at radius 2 is 2.00 bits per heavy atom. The molecule has 0 atom stereocenters. The molecule has 0 amide bonds. The average Bonchev–Trinajstić information content (AvgIpc) is 2.16. The van der Waals surface area contributed by atoms with Crippen molar-refractivity contribution in [2.75, 3.05) is 11.1 Å². The molecular formula is C9H9CuNO2S3+2. The zero-order valence-corrected chi connectivity index (χ0v) is 11.4. The van der Waals surface area contributed by atoms with E-state index in [0.717, 1.165) is 10.6 Å². The Bertz CT molecular complexity index is 370. The Morgan fingerprint density at radius 1 is 1.44 bits per heavy atom. The maximum absolute atomic E-state index is 10.3. The molecule has 0 saturated heterocycles. The van der Waals surface area contributed by atoms with Gasteiger partial charge in [-0.15, -0.1) is 24.4 Å². The van der Waals surface area contributed by atoms with Crippen LogP contribution < -0.4 is 5.32 Å². The molecule has 89 valence electrons. The maximum Gasteiger partial charge on any atom is 2.00 e. The number of thiol groups is 1. The number of carboxylic acids is 1. The first-order valence-electron chi connectivity index (χ1n) is 4.02. The monoisotopic (exact) mass is 322 g/mol. The molecule has 0 heterocycles. The van der Waals surface area contributed by atoms with Gasteiger partial charge in [0, 0.05) is 10.6 Å². The maximum atomic E-state index is 10.3. The first-order chi connectivity index (χ1) is 7.08. The van der Waals surface area contributed by atoms with Crippen LogP contribution in [0.1, 0.15) is 0 Å². The number of carbonyl (C=O) groups is 1. The van der Waals surface area contributed by atoms with Crippen LogP contribution >= 0.6 is 36.6 Å². The van der Waals surface area contributed by atoms with Gasteiger partial charge >= 0.3 is 23.0 Å². The molecule has 0 aliphatic carbocycles.